The van der Waals surface area contributed by atoms with E-state index in [-0.39, 0.29) is 18.8 Å². The van der Waals surface area contributed by atoms with Gasteiger partial charge in [0, 0.05) is 19.2 Å². The molecule has 0 saturated carbocycles. The summed E-state index contributed by atoms with van der Waals surface area (Å²) in [6.07, 6.45) is 15.1. The van der Waals surface area contributed by atoms with Crippen molar-refractivity contribution in [1.29, 1.82) is 0 Å². The van der Waals surface area contributed by atoms with E-state index in [0.29, 0.717) is 17.2 Å². The number of aromatic nitrogens is 4. The number of hydrogen-bond donors (Lipinski definition) is 7. The van der Waals surface area contributed by atoms with Crippen molar-refractivity contribution in [3.63, 3.8) is 0 Å². The van der Waals surface area contributed by atoms with Crippen LogP contribution in [0.1, 0.15) is 129 Å². The van der Waals surface area contributed by atoms with Crippen LogP contribution < -0.4 is 22.7 Å². The van der Waals surface area contributed by atoms with Crippen LogP contribution in [0, 0.1) is 18.2 Å². The third kappa shape index (κ3) is 17.4. The largest absolute Gasteiger partial charge is 0.472 e. The van der Waals surface area contributed by atoms with Crippen molar-refractivity contribution >= 4 is 21.5 Å². The van der Waals surface area contributed by atoms with E-state index >= 15 is 0 Å². The van der Waals surface area contributed by atoms with Crippen molar-refractivity contribution in [2.24, 2.45) is 0 Å². The van der Waals surface area contributed by atoms with E-state index in [1.165, 1.54) is 70.3 Å². The number of rotatable bonds is 32. The van der Waals surface area contributed by atoms with Gasteiger partial charge in [-0.25, -0.2) is 18.7 Å². The number of aliphatic hydroxyl groups excluding tert-OH is 2. The maximum Gasteiger partial charge on any atom is 0.472 e. The average molecular weight is 982 g/mol. The maximum absolute atomic E-state index is 13.8. The molecule has 2 aromatic heterocycles. The normalized spacial score (nSPS) is 25.4. The molecule has 0 aromatic carbocycles. The predicted octanol–water partition coefficient (Wildman–Crippen LogP) is 3.70. The molecule has 66 heavy (non-hydrogen) atoms. The van der Waals surface area contributed by atoms with E-state index in [1.54, 1.807) is 4.98 Å². The molecule has 25 heteroatoms. The fourth-order valence-corrected chi connectivity index (χ4v) is 8.97. The summed E-state index contributed by atoms with van der Waals surface area (Å²) in [7, 11) is -10.0. The van der Waals surface area contributed by atoms with Crippen LogP contribution in [0.15, 0.2) is 32.8 Å². The number of unbranched alkanes of at least 4 members (excludes halogenated alkanes) is 15. The minimum absolute atomic E-state index is 0.0982. The van der Waals surface area contributed by atoms with Gasteiger partial charge in [0.05, 0.1) is 38.7 Å². The predicted molar refractivity (Wildman–Crippen MR) is 235 cm³/mol. The molecule has 2 aliphatic rings. The second kappa shape index (κ2) is 27.1. The molecule has 8 N–H and O–H groups in total. The molecule has 0 spiro atoms. The first-order valence-electron chi connectivity index (χ1n) is 22.5. The number of aliphatic hydroxyl groups is 3. The highest BCUT2D eigenvalue weighted by Crippen LogP contribution is 2.47. The summed E-state index contributed by atoms with van der Waals surface area (Å²) < 4.78 is 78.6. The number of aromatic amines is 1. The van der Waals surface area contributed by atoms with Gasteiger partial charge in [-0.05, 0) is 12.5 Å². The number of nitrogens with two attached hydrogens (primary N) is 1. The van der Waals surface area contributed by atoms with E-state index in [2.05, 4.69) is 11.9 Å². The molecule has 0 bridgehead atoms. The number of terminal acetylenes is 1. The lowest BCUT2D eigenvalue weighted by Gasteiger charge is -2.26. The molecule has 10 unspecified atom stereocenters. The highest BCUT2D eigenvalue weighted by Gasteiger charge is 2.56. The van der Waals surface area contributed by atoms with Crippen LogP contribution in [0.3, 0.4) is 0 Å². The average Bonchev–Trinajstić information content (AvgIpc) is 3.77. The monoisotopic (exact) mass is 981 g/mol. The van der Waals surface area contributed by atoms with Gasteiger partial charge in [-0.15, -0.1) is 6.42 Å². The standard InChI is InChI=1S/C41H66FN5O17P2/c1-3-5-6-7-8-9-10-11-12-13-14-15-16-17-18-19-22-58-29(25-59-65(54,55)61-27-32-31(48)23-35(63-32)47-24-30(42)37(50)45-40(47)52)26-60-66(56,57)62-28-33-41(53,4-2)36(49)38(64-33)46-21-20-34(43)44-39(46)51/h2,20-21,24,29,31-33,35-36,38,48-49,53H,3,5-19,22-23,25-28H2,1H3,(H,54,55)(H,56,57)(H2,43,44,51)(H,45,50,52). The summed E-state index contributed by atoms with van der Waals surface area (Å²) >= 11 is 0. The number of halogens is 1. The summed E-state index contributed by atoms with van der Waals surface area (Å²) in [6, 6.07) is 1.23. The van der Waals surface area contributed by atoms with Crippen LogP contribution in [0.5, 0.6) is 0 Å². The fraction of sp³-hybridized carbons (Fsp3) is 0.756. The van der Waals surface area contributed by atoms with Gasteiger partial charge in [0.25, 0.3) is 5.56 Å². The highest BCUT2D eigenvalue weighted by atomic mass is 31.2. The van der Waals surface area contributed by atoms with Crippen LogP contribution in [-0.4, -0.2) is 113 Å². The Morgan fingerprint density at radius 3 is 1.98 bits per heavy atom. The molecule has 2 aromatic rings. The number of hydrogen-bond acceptors (Lipinski definition) is 17. The molecule has 4 heterocycles. The highest BCUT2D eigenvalue weighted by molar-refractivity contribution is 7.47. The number of nitrogens with zero attached hydrogens (tertiary/aromatic N) is 3. The van der Waals surface area contributed by atoms with E-state index in [9.17, 15) is 53.0 Å². The van der Waals surface area contributed by atoms with Crippen molar-refractivity contribution in [2.45, 2.75) is 165 Å². The fourth-order valence-electron chi connectivity index (χ4n) is 7.45. The van der Waals surface area contributed by atoms with Gasteiger partial charge in [-0.1, -0.05) is 109 Å². The Bertz CT molecular complexity index is 2120. The summed E-state index contributed by atoms with van der Waals surface area (Å²) in [5.41, 5.74) is -0.201. The Hall–Kier alpha value is -3.17. The Kier molecular flexibility index (Phi) is 22.8. The van der Waals surface area contributed by atoms with E-state index in [0.717, 1.165) is 42.9 Å². The molecule has 2 fully saturated rings. The SMILES string of the molecule is C#CC1(O)C(COP(=O)(O)OCC(COP(=O)(O)OCC2OC(n3cc(F)c(=O)[nH]c3=O)CC2O)OCCCCCCCCCCCCCCCCCC)OC(n2ccc(N)nc2=O)C1O. The maximum atomic E-state index is 13.8. The lowest BCUT2D eigenvalue weighted by Crippen LogP contribution is -2.48. The number of phosphoric acid groups is 2. The lowest BCUT2D eigenvalue weighted by molar-refractivity contribution is -0.0661. The zero-order chi connectivity index (χ0) is 48.3. The first-order chi connectivity index (χ1) is 31.4. The zero-order valence-electron chi connectivity index (χ0n) is 37.2. The number of nitrogens with one attached hydrogen (secondary N) is 1. The Balaban J connectivity index is 1.26. The van der Waals surface area contributed by atoms with Crippen molar-refractivity contribution in [3.05, 3.63) is 55.6 Å². The molecule has 10 atom stereocenters. The molecule has 374 valence electrons. The number of ether oxygens (including phenoxy) is 3. The second-order valence-corrected chi connectivity index (χ2v) is 19.4. The van der Waals surface area contributed by atoms with Crippen LogP contribution in [0.25, 0.3) is 0 Å². The molecule has 4 rings (SSSR count). The van der Waals surface area contributed by atoms with Crippen molar-refractivity contribution in [3.8, 4) is 12.3 Å². The van der Waals surface area contributed by atoms with Crippen molar-refractivity contribution in [1.82, 2.24) is 19.1 Å². The molecule has 22 nitrogen and oxygen atoms in total. The van der Waals surface area contributed by atoms with Crippen LogP contribution in [0.4, 0.5) is 10.2 Å². The molecule has 0 amide bonds. The topological polar surface area (TPSA) is 316 Å². The van der Waals surface area contributed by atoms with Gasteiger partial charge in [-0.2, -0.15) is 9.37 Å². The smallest absolute Gasteiger partial charge is 0.390 e. The molecule has 0 radical (unpaired) electrons. The Labute approximate surface area is 382 Å². The van der Waals surface area contributed by atoms with Gasteiger partial charge in [0.1, 0.15) is 36.5 Å². The number of anilines is 1. The summed E-state index contributed by atoms with van der Waals surface area (Å²) in [5.74, 6) is 0.562. The van der Waals surface area contributed by atoms with Gasteiger partial charge < -0.3 is 45.1 Å². The molecule has 2 aliphatic heterocycles. The second-order valence-electron chi connectivity index (χ2n) is 16.5. The van der Waals surface area contributed by atoms with E-state index in [4.69, 9.17) is 44.5 Å². The van der Waals surface area contributed by atoms with Crippen LogP contribution in [0.2, 0.25) is 0 Å². The van der Waals surface area contributed by atoms with Gasteiger partial charge in [0.2, 0.25) is 5.82 Å². The van der Waals surface area contributed by atoms with Crippen molar-refractivity contribution in [2.75, 3.05) is 38.8 Å². The van der Waals surface area contributed by atoms with Gasteiger partial charge in [0.15, 0.2) is 11.8 Å². The minimum atomic E-state index is -5.06. The first-order valence-corrected chi connectivity index (χ1v) is 25.5. The molecule has 2 saturated heterocycles. The minimum Gasteiger partial charge on any atom is -0.390 e. The number of nitrogen functional groups attached to an aromatic ring is 1. The van der Waals surface area contributed by atoms with Crippen molar-refractivity contribution < 1.29 is 70.9 Å². The number of phosphoric ester groups is 2. The lowest BCUT2D eigenvalue weighted by atomic mass is 9.93. The quantitative estimate of drug-likeness (QED) is 0.0312. The molecule has 0 aliphatic carbocycles. The van der Waals surface area contributed by atoms with Crippen LogP contribution in [-0.2, 0) is 41.4 Å². The first kappa shape index (κ1) is 55.4. The van der Waals surface area contributed by atoms with E-state index < -0.39 is 113 Å². The molecular formula is C41H66FN5O17P2. The van der Waals surface area contributed by atoms with Gasteiger partial charge in [-0.3, -0.25) is 37.0 Å². The summed E-state index contributed by atoms with van der Waals surface area (Å²) in [6.45, 7) is -0.816. The zero-order valence-corrected chi connectivity index (χ0v) is 39.0. The van der Waals surface area contributed by atoms with Crippen LogP contribution >= 0.6 is 15.6 Å². The molecular weight excluding hydrogens is 915 g/mol. The Morgan fingerprint density at radius 1 is 0.894 bits per heavy atom. The number of H-pyrrole nitrogens is 1. The third-order valence-electron chi connectivity index (χ3n) is 11.3. The third-order valence-corrected chi connectivity index (χ3v) is 13.2. The summed E-state index contributed by atoms with van der Waals surface area (Å²) in [5, 5.41) is 32.3. The summed E-state index contributed by atoms with van der Waals surface area (Å²) in [4.78, 5) is 62.3. The Morgan fingerprint density at radius 2 is 1.44 bits per heavy atom. The van der Waals surface area contributed by atoms with Gasteiger partial charge >= 0.3 is 27.0 Å². The van der Waals surface area contributed by atoms with E-state index in [1.807, 2.05) is 5.92 Å².